The fourth-order valence-corrected chi connectivity index (χ4v) is 4.50. The monoisotopic (exact) mass is 499 g/mol. The van der Waals surface area contributed by atoms with E-state index in [4.69, 9.17) is 15.3 Å². The van der Waals surface area contributed by atoms with Gasteiger partial charge in [-0.25, -0.2) is 4.79 Å². The highest BCUT2D eigenvalue weighted by molar-refractivity contribution is 8.76. The molecular formula is C16H29N5O9S2+2. The molecule has 0 saturated heterocycles. The molecule has 3 atom stereocenters. The number of carbonyl (C=O) groups excluding carboxylic acids is 3. The number of carbonyl (C=O) groups is 6. The summed E-state index contributed by atoms with van der Waals surface area (Å²) >= 11 is 0. The minimum atomic E-state index is -1.26. The van der Waals surface area contributed by atoms with E-state index in [2.05, 4.69) is 21.7 Å². The van der Waals surface area contributed by atoms with Gasteiger partial charge in [0.25, 0.3) is 5.91 Å². The number of hydrogen-bond donors (Lipinski definition) is 8. The molecule has 0 saturated carbocycles. The highest BCUT2D eigenvalue weighted by atomic mass is 33.1. The van der Waals surface area contributed by atoms with Gasteiger partial charge in [-0.1, -0.05) is 21.6 Å². The van der Waals surface area contributed by atoms with Crippen molar-refractivity contribution in [1.82, 2.24) is 16.0 Å². The summed E-state index contributed by atoms with van der Waals surface area (Å²) in [6.45, 7) is -1.14. The maximum atomic E-state index is 12.2. The number of aliphatic carboxylic acids is 3. The summed E-state index contributed by atoms with van der Waals surface area (Å²) in [7, 11) is 4.01. The Kier molecular flexibility index (Phi) is 14.8. The average molecular weight is 500 g/mol. The van der Waals surface area contributed by atoms with Crippen molar-refractivity contribution >= 4 is 57.2 Å². The molecule has 0 heterocycles. The van der Waals surface area contributed by atoms with Gasteiger partial charge in [-0.15, -0.1) is 0 Å². The van der Waals surface area contributed by atoms with Crippen molar-refractivity contribution in [3.05, 3.63) is 0 Å². The Bertz CT molecular complexity index is 695. The van der Waals surface area contributed by atoms with Gasteiger partial charge < -0.3 is 42.3 Å². The summed E-state index contributed by atoms with van der Waals surface area (Å²) in [6, 6.07) is -2.65. The molecule has 0 rings (SSSR count). The summed E-state index contributed by atoms with van der Waals surface area (Å²) < 4.78 is 0. The highest BCUT2D eigenvalue weighted by Crippen LogP contribution is 2.22. The zero-order valence-corrected chi connectivity index (χ0v) is 19.0. The van der Waals surface area contributed by atoms with E-state index in [-0.39, 0.29) is 24.3 Å². The first-order valence-electron chi connectivity index (χ1n) is 9.36. The SMILES string of the molecule is C[NH2+]C(CSSC[C@H](NC(=O)CC[C@H]([NH3+])C(=O)O)C(=O)NCC(=O)O)C(=O)NCC(=O)O. The van der Waals surface area contributed by atoms with Crippen LogP contribution in [0.5, 0.6) is 0 Å². The molecule has 14 nitrogen and oxygen atoms in total. The maximum Gasteiger partial charge on any atom is 0.362 e. The van der Waals surface area contributed by atoms with Gasteiger partial charge in [-0.05, 0) is 0 Å². The van der Waals surface area contributed by atoms with Crippen LogP contribution in [0.4, 0.5) is 0 Å². The standard InChI is InChI=1S/C16H27N5O9S2/c1-18-9(14(27)19-4-12(23)24)6-31-32-7-10(15(28)20-5-13(25)26)21-11(22)3-2-8(17)16(29)30/h8-10,18H,2-7,17H2,1H3,(H,19,27)(H,20,28)(H,21,22)(H,23,24)(H,25,26)(H,29,30)/p+2/t8-,9?,10-/m0/s1. The second kappa shape index (κ2) is 16.1. The summed E-state index contributed by atoms with van der Waals surface area (Å²) in [4.78, 5) is 68.2. The Morgan fingerprint density at radius 1 is 0.906 bits per heavy atom. The van der Waals surface area contributed by atoms with E-state index in [1.54, 1.807) is 12.4 Å². The van der Waals surface area contributed by atoms with Crippen LogP contribution in [0.2, 0.25) is 0 Å². The third-order valence-corrected chi connectivity index (χ3v) is 6.30. The number of rotatable bonds is 17. The topological polar surface area (TPSA) is 243 Å². The zero-order chi connectivity index (χ0) is 24.7. The third kappa shape index (κ3) is 13.7. The lowest BCUT2D eigenvalue weighted by molar-refractivity contribution is -0.645. The van der Waals surface area contributed by atoms with Crippen LogP contribution in [0.15, 0.2) is 0 Å². The first-order chi connectivity index (χ1) is 15.0. The minimum absolute atomic E-state index is 0.0357. The van der Waals surface area contributed by atoms with E-state index in [1.807, 2.05) is 0 Å². The number of carboxylic acids is 3. The molecule has 0 aromatic carbocycles. The van der Waals surface area contributed by atoms with Gasteiger partial charge in [0.1, 0.15) is 19.1 Å². The molecule has 3 amide bonds. The van der Waals surface area contributed by atoms with Crippen LogP contribution in [-0.4, -0.2) is 101 Å². The Morgan fingerprint density at radius 3 is 1.94 bits per heavy atom. The molecule has 0 aliphatic rings. The highest BCUT2D eigenvalue weighted by Gasteiger charge is 2.25. The molecule has 16 heteroatoms. The van der Waals surface area contributed by atoms with Gasteiger partial charge in [0, 0.05) is 18.6 Å². The predicted octanol–water partition coefficient (Wildman–Crippen LogP) is -4.71. The van der Waals surface area contributed by atoms with Crippen molar-refractivity contribution in [3.63, 3.8) is 0 Å². The quantitative estimate of drug-likeness (QED) is 0.0697. The Labute approximate surface area is 191 Å². The third-order valence-electron chi connectivity index (χ3n) is 3.85. The van der Waals surface area contributed by atoms with Gasteiger partial charge in [0.2, 0.25) is 11.8 Å². The number of hydrogen-bond acceptors (Lipinski definition) is 8. The fraction of sp³-hybridized carbons (Fsp3) is 0.625. The summed E-state index contributed by atoms with van der Waals surface area (Å²) in [5.41, 5.74) is 3.40. The van der Waals surface area contributed by atoms with Gasteiger partial charge >= 0.3 is 17.9 Å². The van der Waals surface area contributed by atoms with E-state index < -0.39 is 66.8 Å². The average Bonchev–Trinajstić information content (AvgIpc) is 2.72. The number of quaternary nitrogens is 2. The fourth-order valence-electron chi connectivity index (χ4n) is 2.02. The molecule has 1 unspecified atom stereocenters. The van der Waals surface area contributed by atoms with Gasteiger partial charge in [-0.3, -0.25) is 24.0 Å². The largest absolute Gasteiger partial charge is 0.480 e. The lowest BCUT2D eigenvalue weighted by Gasteiger charge is -2.18. The summed E-state index contributed by atoms with van der Waals surface area (Å²) in [5, 5.41) is 34.6. The Morgan fingerprint density at radius 2 is 1.44 bits per heavy atom. The van der Waals surface area contributed by atoms with Crippen molar-refractivity contribution < 1.29 is 55.1 Å². The van der Waals surface area contributed by atoms with Crippen molar-refractivity contribution in [1.29, 1.82) is 0 Å². The van der Waals surface area contributed by atoms with E-state index in [0.717, 1.165) is 10.8 Å². The van der Waals surface area contributed by atoms with Gasteiger partial charge in [0.05, 0.1) is 12.8 Å². The normalized spacial score (nSPS) is 13.3. The number of likely N-dealkylation sites (N-methyl/N-ethyl adjacent to an activating group) is 1. The smallest absolute Gasteiger partial charge is 0.362 e. The van der Waals surface area contributed by atoms with Crippen molar-refractivity contribution in [2.45, 2.75) is 31.0 Å². The Balaban J connectivity index is 4.74. The van der Waals surface area contributed by atoms with Crippen LogP contribution in [0.1, 0.15) is 12.8 Å². The first kappa shape index (κ1) is 29.4. The van der Waals surface area contributed by atoms with Gasteiger partial charge in [0.15, 0.2) is 12.1 Å². The van der Waals surface area contributed by atoms with E-state index in [9.17, 15) is 28.8 Å². The van der Waals surface area contributed by atoms with Crippen LogP contribution in [-0.2, 0) is 28.8 Å². The van der Waals surface area contributed by atoms with E-state index in [0.29, 0.717) is 0 Å². The second-order valence-corrected chi connectivity index (χ2v) is 8.98. The lowest BCUT2D eigenvalue weighted by Crippen LogP contribution is -2.90. The molecule has 0 aromatic rings. The van der Waals surface area contributed by atoms with Crippen molar-refractivity contribution in [2.75, 3.05) is 31.6 Å². The molecule has 0 aliphatic heterocycles. The van der Waals surface area contributed by atoms with Crippen molar-refractivity contribution in [3.8, 4) is 0 Å². The number of nitrogens with two attached hydrogens (primary N) is 1. The van der Waals surface area contributed by atoms with Crippen LogP contribution in [0.3, 0.4) is 0 Å². The van der Waals surface area contributed by atoms with E-state index >= 15 is 0 Å². The summed E-state index contributed by atoms with van der Waals surface area (Å²) in [5.74, 6) is -5.06. The molecule has 182 valence electrons. The minimum Gasteiger partial charge on any atom is -0.480 e. The molecule has 0 spiro atoms. The van der Waals surface area contributed by atoms with Crippen LogP contribution >= 0.6 is 21.6 Å². The van der Waals surface area contributed by atoms with Crippen LogP contribution in [0, 0.1) is 0 Å². The molecule has 0 fully saturated rings. The molecule has 32 heavy (non-hydrogen) atoms. The molecule has 0 bridgehead atoms. The maximum absolute atomic E-state index is 12.2. The van der Waals surface area contributed by atoms with Gasteiger partial charge in [-0.2, -0.15) is 0 Å². The molecule has 0 aliphatic carbocycles. The van der Waals surface area contributed by atoms with Crippen LogP contribution in [0.25, 0.3) is 0 Å². The number of nitrogens with one attached hydrogen (secondary N) is 3. The Hall–Kier alpha value is -2.56. The van der Waals surface area contributed by atoms with Crippen molar-refractivity contribution in [2.24, 2.45) is 0 Å². The number of amides is 3. The van der Waals surface area contributed by atoms with Crippen LogP contribution < -0.4 is 27.0 Å². The van der Waals surface area contributed by atoms with E-state index in [1.165, 1.54) is 10.8 Å². The zero-order valence-electron chi connectivity index (χ0n) is 17.4. The first-order valence-corrected chi connectivity index (χ1v) is 11.8. The number of carboxylic acid groups (broad SMARTS) is 3. The molecular weight excluding hydrogens is 470 g/mol. The molecule has 0 aromatic heterocycles. The second-order valence-electron chi connectivity index (χ2n) is 6.43. The summed E-state index contributed by atoms with van der Waals surface area (Å²) in [6.07, 6.45) is -0.219. The predicted molar refractivity (Wildman–Crippen MR) is 113 cm³/mol. The lowest BCUT2D eigenvalue weighted by atomic mass is 10.1. The molecule has 0 radical (unpaired) electrons. The molecule has 11 N–H and O–H groups in total.